The summed E-state index contributed by atoms with van der Waals surface area (Å²) in [7, 11) is 1.61. The third-order valence-corrected chi connectivity index (χ3v) is 2.16. The van der Waals surface area contributed by atoms with E-state index in [0.717, 1.165) is 11.1 Å². The van der Waals surface area contributed by atoms with Crippen molar-refractivity contribution in [2.24, 2.45) is 0 Å². The van der Waals surface area contributed by atoms with Crippen LogP contribution in [0.5, 0.6) is 5.75 Å². The van der Waals surface area contributed by atoms with Crippen LogP contribution >= 0.6 is 12.2 Å². The van der Waals surface area contributed by atoms with Crippen LogP contribution in [0.1, 0.15) is 0 Å². The molecule has 2 aromatic rings. The van der Waals surface area contributed by atoms with E-state index in [2.05, 4.69) is 15.2 Å². The average molecular weight is 219 g/mol. The number of nitrogens with zero attached hydrogens (tertiary/aromatic N) is 2. The lowest BCUT2D eigenvalue weighted by Crippen LogP contribution is -1.88. The Balaban J connectivity index is 2.49. The first-order valence-corrected chi connectivity index (χ1v) is 4.74. The predicted molar refractivity (Wildman–Crippen MR) is 59.2 cm³/mol. The number of aromatic nitrogens is 3. The second-order valence-electron chi connectivity index (χ2n) is 2.95. The Kier molecular flexibility index (Phi) is 2.73. The van der Waals surface area contributed by atoms with E-state index in [-0.39, 0.29) is 0 Å². The lowest BCUT2D eigenvalue weighted by Gasteiger charge is -2.02. The molecule has 2 aromatic heterocycles. The van der Waals surface area contributed by atoms with Gasteiger partial charge >= 0.3 is 0 Å². The van der Waals surface area contributed by atoms with Gasteiger partial charge in [-0.1, -0.05) is 12.2 Å². The first-order chi connectivity index (χ1) is 7.29. The van der Waals surface area contributed by atoms with E-state index in [1.807, 2.05) is 12.1 Å². The van der Waals surface area contributed by atoms with Crippen LogP contribution in [0.15, 0.2) is 30.7 Å². The van der Waals surface area contributed by atoms with Gasteiger partial charge in [-0.3, -0.25) is 10.1 Å². The standard InChI is InChI=1S/C10H9N3OS/c1-14-9-2-7(4-11-6-9)8-3-10(15)13-12-5-8/h2-6H,1H3,(H,13,15). The maximum Gasteiger partial charge on any atom is 0.137 e. The van der Waals surface area contributed by atoms with E-state index in [4.69, 9.17) is 17.0 Å². The van der Waals surface area contributed by atoms with Crippen LogP contribution in [-0.2, 0) is 0 Å². The molecule has 0 radical (unpaired) electrons. The number of ether oxygens (including phenoxy) is 1. The first-order valence-electron chi connectivity index (χ1n) is 4.34. The van der Waals surface area contributed by atoms with Crippen molar-refractivity contribution in [3.63, 3.8) is 0 Å². The highest BCUT2D eigenvalue weighted by molar-refractivity contribution is 7.71. The normalized spacial score (nSPS) is 9.93. The summed E-state index contributed by atoms with van der Waals surface area (Å²) in [6.07, 6.45) is 5.10. The molecule has 0 saturated heterocycles. The fraction of sp³-hybridized carbons (Fsp3) is 0.100. The van der Waals surface area contributed by atoms with Crippen LogP contribution in [0.3, 0.4) is 0 Å². The zero-order chi connectivity index (χ0) is 10.7. The van der Waals surface area contributed by atoms with E-state index < -0.39 is 0 Å². The number of rotatable bonds is 2. The van der Waals surface area contributed by atoms with Crippen LogP contribution in [-0.4, -0.2) is 22.3 Å². The molecular weight excluding hydrogens is 210 g/mol. The molecule has 2 rings (SSSR count). The van der Waals surface area contributed by atoms with Crippen molar-refractivity contribution in [2.45, 2.75) is 0 Å². The lowest BCUT2D eigenvalue weighted by molar-refractivity contribution is 0.413. The van der Waals surface area contributed by atoms with Crippen LogP contribution < -0.4 is 4.74 Å². The Morgan fingerprint density at radius 2 is 2.00 bits per heavy atom. The summed E-state index contributed by atoms with van der Waals surface area (Å²) in [4.78, 5) is 4.06. The molecule has 0 fully saturated rings. The fourth-order valence-electron chi connectivity index (χ4n) is 1.22. The van der Waals surface area contributed by atoms with Gasteiger partial charge in [0.2, 0.25) is 0 Å². The molecule has 4 nitrogen and oxygen atoms in total. The van der Waals surface area contributed by atoms with E-state index >= 15 is 0 Å². The van der Waals surface area contributed by atoms with Crippen LogP contribution in [0, 0.1) is 4.64 Å². The van der Waals surface area contributed by atoms with Crippen molar-refractivity contribution < 1.29 is 4.74 Å². The zero-order valence-corrected chi connectivity index (χ0v) is 8.91. The predicted octanol–water partition coefficient (Wildman–Crippen LogP) is 2.21. The molecule has 5 heteroatoms. The Morgan fingerprint density at radius 3 is 2.73 bits per heavy atom. The van der Waals surface area contributed by atoms with Gasteiger partial charge in [0.15, 0.2) is 0 Å². The number of methoxy groups -OCH3 is 1. The number of nitrogens with one attached hydrogen (secondary N) is 1. The molecule has 15 heavy (non-hydrogen) atoms. The molecule has 2 heterocycles. The number of aromatic amines is 1. The van der Waals surface area contributed by atoms with Gasteiger partial charge in [-0.15, -0.1) is 0 Å². The van der Waals surface area contributed by atoms with Gasteiger partial charge in [-0.05, 0) is 12.1 Å². The largest absolute Gasteiger partial charge is 0.495 e. The van der Waals surface area contributed by atoms with Gasteiger partial charge in [0, 0.05) is 17.3 Å². The molecule has 0 atom stereocenters. The maximum absolute atomic E-state index is 5.09. The summed E-state index contributed by atoms with van der Waals surface area (Å²) in [5, 5.41) is 6.60. The number of hydrogen-bond donors (Lipinski definition) is 1. The van der Waals surface area contributed by atoms with Crippen molar-refractivity contribution in [3.8, 4) is 16.9 Å². The second-order valence-corrected chi connectivity index (χ2v) is 3.39. The van der Waals surface area contributed by atoms with Gasteiger partial charge in [-0.25, -0.2) is 0 Å². The molecule has 0 amide bonds. The summed E-state index contributed by atoms with van der Waals surface area (Å²) >= 11 is 4.99. The average Bonchev–Trinajstić information content (AvgIpc) is 2.29. The van der Waals surface area contributed by atoms with Gasteiger partial charge in [0.05, 0.1) is 19.5 Å². The minimum Gasteiger partial charge on any atom is -0.495 e. The molecular formula is C10H9N3OS. The number of pyridine rings is 1. The highest BCUT2D eigenvalue weighted by Crippen LogP contribution is 2.20. The van der Waals surface area contributed by atoms with E-state index in [0.29, 0.717) is 10.4 Å². The van der Waals surface area contributed by atoms with E-state index in [1.54, 1.807) is 25.7 Å². The van der Waals surface area contributed by atoms with Crippen LogP contribution in [0.2, 0.25) is 0 Å². The third kappa shape index (κ3) is 2.19. The van der Waals surface area contributed by atoms with Crippen LogP contribution in [0.4, 0.5) is 0 Å². The van der Waals surface area contributed by atoms with Gasteiger partial charge in [0.25, 0.3) is 0 Å². The quantitative estimate of drug-likeness (QED) is 0.787. The van der Waals surface area contributed by atoms with Gasteiger partial charge in [-0.2, -0.15) is 5.10 Å². The summed E-state index contributed by atoms with van der Waals surface area (Å²) in [5.74, 6) is 0.714. The van der Waals surface area contributed by atoms with Gasteiger partial charge < -0.3 is 4.74 Å². The SMILES string of the molecule is COc1cncc(-c2cn[nH]c(=S)c2)c1. The molecule has 1 N–H and O–H groups in total. The molecule has 0 spiro atoms. The Morgan fingerprint density at radius 1 is 1.20 bits per heavy atom. The Labute approximate surface area is 92.0 Å². The molecule has 0 aliphatic carbocycles. The van der Waals surface area contributed by atoms with E-state index in [9.17, 15) is 0 Å². The fourth-order valence-corrected chi connectivity index (χ4v) is 1.40. The molecule has 0 aromatic carbocycles. The smallest absolute Gasteiger partial charge is 0.137 e. The van der Waals surface area contributed by atoms with Crippen LogP contribution in [0.25, 0.3) is 11.1 Å². The first kappa shape index (κ1) is 9.79. The molecule has 0 unspecified atom stereocenters. The highest BCUT2D eigenvalue weighted by Gasteiger charge is 2.00. The molecule has 0 bridgehead atoms. The summed E-state index contributed by atoms with van der Waals surface area (Å²) in [5.41, 5.74) is 1.85. The zero-order valence-electron chi connectivity index (χ0n) is 8.10. The maximum atomic E-state index is 5.09. The van der Waals surface area contributed by atoms with E-state index in [1.165, 1.54) is 0 Å². The third-order valence-electron chi connectivity index (χ3n) is 1.95. The number of hydrogen-bond acceptors (Lipinski definition) is 4. The summed E-state index contributed by atoms with van der Waals surface area (Å²) < 4.78 is 5.68. The number of H-pyrrole nitrogens is 1. The molecule has 76 valence electrons. The lowest BCUT2D eigenvalue weighted by atomic mass is 10.1. The highest BCUT2D eigenvalue weighted by atomic mass is 32.1. The molecule has 0 aliphatic rings. The van der Waals surface area contributed by atoms with Crippen molar-refractivity contribution in [1.29, 1.82) is 0 Å². The van der Waals surface area contributed by atoms with Crippen molar-refractivity contribution in [2.75, 3.05) is 7.11 Å². The topological polar surface area (TPSA) is 50.8 Å². The Bertz CT molecular complexity index is 524. The Hall–Kier alpha value is -1.75. The second kappa shape index (κ2) is 4.18. The summed E-state index contributed by atoms with van der Waals surface area (Å²) in [6, 6.07) is 3.72. The monoisotopic (exact) mass is 219 g/mol. The van der Waals surface area contributed by atoms with Crippen molar-refractivity contribution in [1.82, 2.24) is 15.2 Å². The van der Waals surface area contributed by atoms with Gasteiger partial charge in [0.1, 0.15) is 10.4 Å². The molecule has 0 aliphatic heterocycles. The minimum atomic E-state index is 0.593. The minimum absolute atomic E-state index is 0.593. The summed E-state index contributed by atoms with van der Waals surface area (Å²) in [6.45, 7) is 0. The van der Waals surface area contributed by atoms with Crippen molar-refractivity contribution in [3.05, 3.63) is 35.4 Å². The van der Waals surface area contributed by atoms with Crippen molar-refractivity contribution >= 4 is 12.2 Å². The molecule has 0 saturated carbocycles.